The highest BCUT2D eigenvalue weighted by Gasteiger charge is 2.14. The number of nitrogens with zero attached hydrogens (tertiary/aromatic N) is 3. The molecule has 1 atom stereocenters. The van der Waals surface area contributed by atoms with E-state index < -0.39 is 0 Å². The Balaban J connectivity index is 2.56. The first-order chi connectivity index (χ1) is 7.52. The summed E-state index contributed by atoms with van der Waals surface area (Å²) in [6.45, 7) is 4.42. The van der Waals surface area contributed by atoms with Crippen molar-refractivity contribution in [2.45, 2.75) is 32.7 Å². The maximum atomic E-state index is 5.20. The highest BCUT2D eigenvalue weighted by molar-refractivity contribution is 5.23. The molecule has 5 nitrogen and oxygen atoms in total. The molecule has 0 fully saturated rings. The number of anilines is 1. The third-order valence-corrected chi connectivity index (χ3v) is 2.44. The van der Waals surface area contributed by atoms with Crippen LogP contribution in [-0.4, -0.2) is 37.3 Å². The van der Waals surface area contributed by atoms with Gasteiger partial charge in [0.15, 0.2) is 0 Å². The predicted molar refractivity (Wildman–Crippen MR) is 64.6 cm³/mol. The molecule has 1 aromatic heterocycles. The number of hydrogen-bond donors (Lipinski definition) is 1. The summed E-state index contributed by atoms with van der Waals surface area (Å²) in [6.07, 6.45) is 1.89. The van der Waals surface area contributed by atoms with Crippen LogP contribution in [0, 0.1) is 5.92 Å². The summed E-state index contributed by atoms with van der Waals surface area (Å²) in [7, 11) is 5.77. The zero-order valence-corrected chi connectivity index (χ0v) is 10.8. The number of nitrogens with one attached hydrogen (secondary N) is 1. The van der Waals surface area contributed by atoms with Crippen LogP contribution < -0.4 is 10.2 Å². The van der Waals surface area contributed by atoms with Gasteiger partial charge in [-0.25, -0.2) is 0 Å². The van der Waals surface area contributed by atoms with Crippen molar-refractivity contribution in [1.82, 2.24) is 15.5 Å². The second kappa shape index (κ2) is 5.84. The molecule has 0 saturated carbocycles. The van der Waals surface area contributed by atoms with Gasteiger partial charge in [0.1, 0.15) is 0 Å². The fourth-order valence-corrected chi connectivity index (χ4v) is 1.59. The van der Waals surface area contributed by atoms with Crippen LogP contribution in [0.5, 0.6) is 0 Å². The van der Waals surface area contributed by atoms with E-state index in [4.69, 9.17) is 4.52 Å². The van der Waals surface area contributed by atoms with Crippen LogP contribution in [0.2, 0.25) is 0 Å². The van der Waals surface area contributed by atoms with Gasteiger partial charge in [-0.1, -0.05) is 13.8 Å². The van der Waals surface area contributed by atoms with Gasteiger partial charge in [0.05, 0.1) is 0 Å². The third kappa shape index (κ3) is 3.81. The number of likely N-dealkylation sites (N-methyl/N-ethyl adjacent to an activating group) is 1. The van der Waals surface area contributed by atoms with Crippen molar-refractivity contribution in [2.24, 2.45) is 5.92 Å². The fraction of sp³-hybridized carbons (Fsp3) is 0.818. The molecule has 16 heavy (non-hydrogen) atoms. The van der Waals surface area contributed by atoms with Gasteiger partial charge in [0.2, 0.25) is 5.89 Å². The monoisotopic (exact) mass is 226 g/mol. The Bertz CT molecular complexity index is 309. The van der Waals surface area contributed by atoms with Gasteiger partial charge in [-0.05, 0) is 24.5 Å². The molecule has 1 N–H and O–H groups in total. The van der Waals surface area contributed by atoms with E-state index in [2.05, 4.69) is 29.3 Å². The Morgan fingerprint density at radius 3 is 2.50 bits per heavy atom. The summed E-state index contributed by atoms with van der Waals surface area (Å²) in [6, 6.07) is 0.399. The summed E-state index contributed by atoms with van der Waals surface area (Å²) < 4.78 is 5.20. The van der Waals surface area contributed by atoms with Gasteiger partial charge < -0.3 is 14.7 Å². The molecular formula is C11H22N4O. The van der Waals surface area contributed by atoms with Gasteiger partial charge in [-0.2, -0.15) is 4.98 Å². The SMILES string of the molecule is CNC(Cc1nc(N(C)C)no1)CC(C)C. The van der Waals surface area contributed by atoms with E-state index >= 15 is 0 Å². The molecule has 5 heteroatoms. The Morgan fingerprint density at radius 2 is 2.06 bits per heavy atom. The van der Waals surface area contributed by atoms with Crippen molar-refractivity contribution >= 4 is 5.95 Å². The smallest absolute Gasteiger partial charge is 0.265 e. The predicted octanol–water partition coefficient (Wildman–Crippen LogP) is 1.31. The van der Waals surface area contributed by atoms with E-state index in [0.29, 0.717) is 23.8 Å². The van der Waals surface area contributed by atoms with E-state index in [1.54, 1.807) is 0 Å². The van der Waals surface area contributed by atoms with Gasteiger partial charge in [-0.3, -0.25) is 0 Å². The Morgan fingerprint density at radius 1 is 1.38 bits per heavy atom. The third-order valence-electron chi connectivity index (χ3n) is 2.44. The van der Waals surface area contributed by atoms with Crippen molar-refractivity contribution < 1.29 is 4.52 Å². The second-order valence-corrected chi connectivity index (χ2v) is 4.70. The second-order valence-electron chi connectivity index (χ2n) is 4.70. The molecule has 0 aromatic carbocycles. The summed E-state index contributed by atoms with van der Waals surface area (Å²) in [5.74, 6) is 1.99. The first-order valence-corrected chi connectivity index (χ1v) is 5.70. The molecule has 0 amide bonds. The molecule has 0 saturated heterocycles. The van der Waals surface area contributed by atoms with Crippen molar-refractivity contribution in [3.63, 3.8) is 0 Å². The molecule has 92 valence electrons. The molecule has 0 spiro atoms. The van der Waals surface area contributed by atoms with E-state index in [0.717, 1.165) is 12.8 Å². The molecule has 0 aliphatic rings. The van der Waals surface area contributed by atoms with Crippen LogP contribution >= 0.6 is 0 Å². The quantitative estimate of drug-likeness (QED) is 0.792. The van der Waals surface area contributed by atoms with Gasteiger partial charge in [0, 0.05) is 26.6 Å². The minimum Gasteiger partial charge on any atom is -0.344 e. The topological polar surface area (TPSA) is 54.2 Å². The molecule has 0 bridgehead atoms. The van der Waals surface area contributed by atoms with E-state index in [1.807, 2.05) is 26.0 Å². The van der Waals surface area contributed by atoms with Crippen LogP contribution in [0.15, 0.2) is 4.52 Å². The Kier molecular flexibility index (Phi) is 4.73. The lowest BCUT2D eigenvalue weighted by Gasteiger charge is -2.15. The highest BCUT2D eigenvalue weighted by atomic mass is 16.5. The zero-order chi connectivity index (χ0) is 12.1. The van der Waals surface area contributed by atoms with Gasteiger partial charge >= 0.3 is 0 Å². The van der Waals surface area contributed by atoms with E-state index in [1.165, 1.54) is 0 Å². The lowest BCUT2D eigenvalue weighted by atomic mass is 10.0. The van der Waals surface area contributed by atoms with Crippen molar-refractivity contribution in [3.8, 4) is 0 Å². The van der Waals surface area contributed by atoms with Gasteiger partial charge in [0.25, 0.3) is 5.95 Å². The normalized spacial score (nSPS) is 13.1. The van der Waals surface area contributed by atoms with Crippen molar-refractivity contribution in [3.05, 3.63) is 5.89 Å². The Labute approximate surface area is 97.2 Å². The molecule has 1 unspecified atom stereocenters. The van der Waals surface area contributed by atoms with Crippen molar-refractivity contribution in [1.29, 1.82) is 0 Å². The average molecular weight is 226 g/mol. The van der Waals surface area contributed by atoms with Crippen molar-refractivity contribution in [2.75, 3.05) is 26.0 Å². The first-order valence-electron chi connectivity index (χ1n) is 5.70. The molecule has 1 aromatic rings. The summed E-state index contributed by atoms with van der Waals surface area (Å²) >= 11 is 0. The van der Waals surface area contributed by atoms with Crippen LogP contribution in [-0.2, 0) is 6.42 Å². The fourth-order valence-electron chi connectivity index (χ4n) is 1.59. The molecular weight excluding hydrogens is 204 g/mol. The minimum atomic E-state index is 0.399. The zero-order valence-electron chi connectivity index (χ0n) is 10.8. The van der Waals surface area contributed by atoms with Crippen LogP contribution in [0.1, 0.15) is 26.2 Å². The van der Waals surface area contributed by atoms with Crippen LogP contribution in [0.3, 0.4) is 0 Å². The maximum absolute atomic E-state index is 5.20. The minimum absolute atomic E-state index is 0.399. The molecule has 0 aliphatic carbocycles. The largest absolute Gasteiger partial charge is 0.344 e. The number of hydrogen-bond acceptors (Lipinski definition) is 5. The Hall–Kier alpha value is -1.10. The van der Waals surface area contributed by atoms with E-state index in [-0.39, 0.29) is 0 Å². The molecule has 0 aliphatic heterocycles. The van der Waals surface area contributed by atoms with Gasteiger partial charge in [-0.15, -0.1) is 0 Å². The lowest BCUT2D eigenvalue weighted by molar-refractivity contribution is 0.345. The molecule has 1 heterocycles. The van der Waals surface area contributed by atoms with E-state index in [9.17, 15) is 0 Å². The maximum Gasteiger partial charge on any atom is 0.265 e. The standard InChI is InChI=1S/C11H22N4O/c1-8(2)6-9(12-3)7-10-13-11(14-16-10)15(4)5/h8-9,12H,6-7H2,1-5H3. The molecule has 1 rings (SSSR count). The number of rotatable bonds is 6. The van der Waals surface area contributed by atoms with Crippen LogP contribution in [0.4, 0.5) is 5.95 Å². The summed E-state index contributed by atoms with van der Waals surface area (Å²) in [5.41, 5.74) is 0. The number of aromatic nitrogens is 2. The molecule has 0 radical (unpaired) electrons. The first kappa shape index (κ1) is 13.0. The highest BCUT2D eigenvalue weighted by Crippen LogP contribution is 2.11. The lowest BCUT2D eigenvalue weighted by Crippen LogP contribution is -2.29. The summed E-state index contributed by atoms with van der Waals surface area (Å²) in [5, 5.41) is 7.17. The van der Waals surface area contributed by atoms with Crippen LogP contribution in [0.25, 0.3) is 0 Å². The average Bonchev–Trinajstić information content (AvgIpc) is 2.64. The summed E-state index contributed by atoms with van der Waals surface area (Å²) in [4.78, 5) is 6.15.